The van der Waals surface area contributed by atoms with E-state index in [2.05, 4.69) is 12.8 Å². The molecule has 2 heteroatoms. The molecule has 0 aliphatic heterocycles. The molecule has 0 saturated heterocycles. The maximum Gasteiger partial charge on any atom is 0.331 e. The molecule has 0 aromatic heterocycles. The number of hydrogen-bond donors (Lipinski definition) is 0. The monoisotopic (exact) mass is 208 g/mol. The summed E-state index contributed by atoms with van der Waals surface area (Å²) in [6.07, 6.45) is 14.7. The first-order chi connectivity index (χ1) is 7.31. The first kappa shape index (κ1) is 13.8. The largest absolute Gasteiger partial charge is 0.463 e. The van der Waals surface area contributed by atoms with Gasteiger partial charge in [-0.2, -0.15) is 0 Å². The number of carbonyl (C=O) groups excluding carboxylic acids is 1. The molecule has 0 fully saturated rings. The van der Waals surface area contributed by atoms with Gasteiger partial charge in [0, 0.05) is 6.08 Å². The lowest BCUT2D eigenvalue weighted by atomic mass is 10.1. The minimum Gasteiger partial charge on any atom is -0.463 e. The second kappa shape index (κ2) is 10.8. The average Bonchev–Trinajstić information content (AvgIpc) is 2.25. The second-order valence-electron chi connectivity index (χ2n) is 3.44. The highest BCUT2D eigenvalue weighted by Gasteiger charge is 1.95. The fourth-order valence-electron chi connectivity index (χ4n) is 1.22. The highest BCUT2D eigenvalue weighted by Crippen LogP contribution is 2.04. The van der Waals surface area contributed by atoms with E-state index >= 15 is 0 Å². The van der Waals surface area contributed by atoms with E-state index in [1.54, 1.807) is 0 Å². The SMILES string of the molecule is C#C/C=C\C(=O)OCCCCCCCC. The first-order valence-corrected chi connectivity index (χ1v) is 5.60. The minimum absolute atomic E-state index is 0.346. The fourth-order valence-corrected chi connectivity index (χ4v) is 1.22. The molecule has 0 aliphatic carbocycles. The Morgan fingerprint density at radius 3 is 2.60 bits per heavy atom. The van der Waals surface area contributed by atoms with E-state index in [0.717, 1.165) is 12.8 Å². The summed E-state index contributed by atoms with van der Waals surface area (Å²) in [7, 11) is 0. The van der Waals surface area contributed by atoms with Gasteiger partial charge in [0.15, 0.2) is 0 Å². The lowest BCUT2D eigenvalue weighted by Crippen LogP contribution is -2.01. The summed E-state index contributed by atoms with van der Waals surface area (Å²) in [5.74, 6) is 1.90. The number of unbranched alkanes of at least 4 members (excludes halogenated alkanes) is 5. The zero-order valence-electron chi connectivity index (χ0n) is 9.50. The van der Waals surface area contributed by atoms with Gasteiger partial charge in [0.2, 0.25) is 0 Å². The molecule has 0 unspecified atom stereocenters. The van der Waals surface area contributed by atoms with Crippen LogP contribution in [0.25, 0.3) is 0 Å². The lowest BCUT2D eigenvalue weighted by molar-refractivity contribution is -0.137. The molecule has 0 atom stereocenters. The maximum atomic E-state index is 10.9. The van der Waals surface area contributed by atoms with Crippen LogP contribution in [-0.2, 0) is 9.53 Å². The van der Waals surface area contributed by atoms with Gasteiger partial charge in [-0.25, -0.2) is 4.79 Å². The van der Waals surface area contributed by atoms with Gasteiger partial charge in [0.1, 0.15) is 0 Å². The number of ether oxygens (including phenoxy) is 1. The topological polar surface area (TPSA) is 26.3 Å². The third-order valence-electron chi connectivity index (χ3n) is 2.06. The van der Waals surface area contributed by atoms with E-state index in [9.17, 15) is 4.79 Å². The fraction of sp³-hybridized carbons (Fsp3) is 0.615. The van der Waals surface area contributed by atoms with Gasteiger partial charge in [0.05, 0.1) is 6.61 Å². The molecule has 0 spiro atoms. The van der Waals surface area contributed by atoms with Crippen molar-refractivity contribution >= 4 is 5.97 Å². The van der Waals surface area contributed by atoms with Crippen LogP contribution in [-0.4, -0.2) is 12.6 Å². The predicted octanol–water partition coefficient (Wildman–Crippen LogP) is 3.08. The molecule has 0 amide bonds. The van der Waals surface area contributed by atoms with E-state index in [1.165, 1.54) is 37.8 Å². The van der Waals surface area contributed by atoms with Crippen LogP contribution in [0.5, 0.6) is 0 Å². The van der Waals surface area contributed by atoms with Crippen molar-refractivity contribution in [2.75, 3.05) is 6.61 Å². The number of carbonyl (C=O) groups is 1. The van der Waals surface area contributed by atoms with Crippen LogP contribution in [0, 0.1) is 12.3 Å². The van der Waals surface area contributed by atoms with E-state index in [0.29, 0.717) is 6.61 Å². The third kappa shape index (κ3) is 10.7. The summed E-state index contributed by atoms with van der Waals surface area (Å²) < 4.78 is 4.93. The van der Waals surface area contributed by atoms with Crippen molar-refractivity contribution in [3.63, 3.8) is 0 Å². The summed E-state index contributed by atoms with van der Waals surface area (Å²) in [5.41, 5.74) is 0. The standard InChI is InChI=1S/C13H20O2/c1-3-5-7-8-9-10-12-15-13(14)11-6-4-2/h2,6,11H,3,5,7-10,12H2,1H3/b11-6-. The van der Waals surface area contributed by atoms with Crippen molar-refractivity contribution in [3.8, 4) is 12.3 Å². The Hall–Kier alpha value is -1.23. The Morgan fingerprint density at radius 2 is 1.93 bits per heavy atom. The Morgan fingerprint density at radius 1 is 1.27 bits per heavy atom. The first-order valence-electron chi connectivity index (χ1n) is 5.60. The van der Waals surface area contributed by atoms with Gasteiger partial charge in [0.25, 0.3) is 0 Å². The molecule has 0 radical (unpaired) electrons. The highest BCUT2D eigenvalue weighted by molar-refractivity contribution is 5.82. The van der Waals surface area contributed by atoms with Gasteiger partial charge in [-0.1, -0.05) is 44.9 Å². The van der Waals surface area contributed by atoms with Crippen LogP contribution in [0.15, 0.2) is 12.2 Å². The highest BCUT2D eigenvalue weighted by atomic mass is 16.5. The normalized spacial score (nSPS) is 10.1. The van der Waals surface area contributed by atoms with E-state index in [-0.39, 0.29) is 5.97 Å². The van der Waals surface area contributed by atoms with Crippen molar-refractivity contribution < 1.29 is 9.53 Å². The smallest absolute Gasteiger partial charge is 0.331 e. The molecule has 0 aliphatic rings. The van der Waals surface area contributed by atoms with Crippen LogP contribution in [0.3, 0.4) is 0 Å². The predicted molar refractivity (Wildman–Crippen MR) is 62.3 cm³/mol. The van der Waals surface area contributed by atoms with Crippen LogP contribution < -0.4 is 0 Å². The second-order valence-corrected chi connectivity index (χ2v) is 3.44. The molecule has 0 heterocycles. The molecule has 0 saturated carbocycles. The van der Waals surface area contributed by atoms with Crippen molar-refractivity contribution in [2.24, 2.45) is 0 Å². The van der Waals surface area contributed by atoms with Crippen LogP contribution in [0.1, 0.15) is 45.4 Å². The molecule has 0 aromatic rings. The van der Waals surface area contributed by atoms with Gasteiger partial charge < -0.3 is 4.74 Å². The molecule has 84 valence electrons. The van der Waals surface area contributed by atoms with E-state index in [4.69, 9.17) is 11.2 Å². The number of allylic oxidation sites excluding steroid dienone is 1. The Balaban J connectivity index is 3.21. The summed E-state index contributed by atoms with van der Waals surface area (Å²) in [4.78, 5) is 10.9. The third-order valence-corrected chi connectivity index (χ3v) is 2.06. The molecule has 0 N–H and O–H groups in total. The van der Waals surface area contributed by atoms with E-state index in [1.807, 2.05) is 0 Å². The summed E-state index contributed by atoms with van der Waals surface area (Å²) in [6, 6.07) is 0. The Kier molecular flexibility index (Phi) is 9.96. The molecular weight excluding hydrogens is 188 g/mol. The van der Waals surface area contributed by atoms with Crippen molar-refractivity contribution in [1.29, 1.82) is 0 Å². The average molecular weight is 208 g/mol. The molecule has 0 aromatic carbocycles. The molecule has 0 bridgehead atoms. The molecule has 2 nitrogen and oxygen atoms in total. The zero-order valence-corrected chi connectivity index (χ0v) is 9.50. The number of hydrogen-bond acceptors (Lipinski definition) is 2. The van der Waals surface area contributed by atoms with Gasteiger partial charge in [-0.05, 0) is 12.5 Å². The Labute approximate surface area is 92.7 Å². The molecule has 15 heavy (non-hydrogen) atoms. The van der Waals surface area contributed by atoms with Gasteiger partial charge in [-0.3, -0.25) is 0 Å². The van der Waals surface area contributed by atoms with E-state index < -0.39 is 0 Å². The Bertz CT molecular complexity index is 223. The quantitative estimate of drug-likeness (QED) is 0.265. The van der Waals surface area contributed by atoms with Crippen LogP contribution in [0.2, 0.25) is 0 Å². The number of rotatable bonds is 8. The molecule has 0 rings (SSSR count). The minimum atomic E-state index is -0.346. The summed E-state index contributed by atoms with van der Waals surface area (Å²) in [6.45, 7) is 2.69. The zero-order chi connectivity index (χ0) is 11.4. The number of esters is 1. The molecular formula is C13H20O2. The van der Waals surface area contributed by atoms with Crippen molar-refractivity contribution in [2.45, 2.75) is 45.4 Å². The lowest BCUT2D eigenvalue weighted by Gasteiger charge is -2.01. The van der Waals surface area contributed by atoms with Crippen molar-refractivity contribution in [3.05, 3.63) is 12.2 Å². The number of terminal acetylenes is 1. The van der Waals surface area contributed by atoms with Gasteiger partial charge >= 0.3 is 5.97 Å². The maximum absolute atomic E-state index is 10.9. The van der Waals surface area contributed by atoms with Gasteiger partial charge in [-0.15, -0.1) is 6.42 Å². The summed E-state index contributed by atoms with van der Waals surface area (Å²) in [5, 5.41) is 0. The summed E-state index contributed by atoms with van der Waals surface area (Å²) >= 11 is 0. The van der Waals surface area contributed by atoms with Crippen LogP contribution in [0.4, 0.5) is 0 Å². The van der Waals surface area contributed by atoms with Crippen LogP contribution >= 0.6 is 0 Å². The van der Waals surface area contributed by atoms with Crippen molar-refractivity contribution in [1.82, 2.24) is 0 Å².